The predicted molar refractivity (Wildman–Crippen MR) is 119 cm³/mol. The summed E-state index contributed by atoms with van der Waals surface area (Å²) < 4.78 is 15.8. The first-order valence-electron chi connectivity index (χ1n) is 10.8. The van der Waals surface area contributed by atoms with Crippen molar-refractivity contribution in [3.05, 3.63) is 54.4 Å². The number of likely N-dealkylation sites (tertiary alicyclic amines) is 1. The fraction of sp³-hybridized carbons (Fsp3) is 0.261. The summed E-state index contributed by atoms with van der Waals surface area (Å²) in [6.07, 6.45) is 10.5. The zero-order valence-corrected chi connectivity index (χ0v) is 17.3. The Hall–Kier alpha value is -3.72. The third-order valence-corrected chi connectivity index (χ3v) is 5.95. The number of hydrogen-bond donors (Lipinski definition) is 2. The van der Waals surface area contributed by atoms with E-state index in [4.69, 9.17) is 0 Å². The Morgan fingerprint density at radius 2 is 1.94 bits per heavy atom. The van der Waals surface area contributed by atoms with Gasteiger partial charge in [-0.05, 0) is 49.7 Å². The van der Waals surface area contributed by atoms with E-state index in [0.29, 0.717) is 39.1 Å². The van der Waals surface area contributed by atoms with Gasteiger partial charge in [0.25, 0.3) is 0 Å². The van der Waals surface area contributed by atoms with Crippen molar-refractivity contribution in [3.8, 4) is 22.8 Å². The average Bonchev–Trinajstić information content (AvgIpc) is 3.45. The molecular weight excluding hydrogens is 407 g/mol. The van der Waals surface area contributed by atoms with Crippen molar-refractivity contribution >= 4 is 22.1 Å². The van der Waals surface area contributed by atoms with E-state index >= 15 is 4.39 Å². The number of hydrogen-bond acceptors (Lipinski definition) is 6. The van der Waals surface area contributed by atoms with Gasteiger partial charge in [-0.15, -0.1) is 0 Å². The Kier molecular flexibility index (Phi) is 4.61. The number of H-pyrrole nitrogens is 2. The van der Waals surface area contributed by atoms with Crippen LogP contribution in [0, 0.1) is 5.82 Å². The Morgan fingerprint density at radius 3 is 2.81 bits per heavy atom. The number of fused-ring (bicyclic) bond motifs is 2. The number of aromatic nitrogens is 7. The summed E-state index contributed by atoms with van der Waals surface area (Å²) in [5.41, 5.74) is 4.19. The van der Waals surface area contributed by atoms with Crippen LogP contribution in [0.15, 0.2) is 43.0 Å². The zero-order valence-electron chi connectivity index (χ0n) is 17.3. The van der Waals surface area contributed by atoms with E-state index in [-0.39, 0.29) is 5.69 Å². The Balaban J connectivity index is 1.41. The minimum absolute atomic E-state index is 0.252. The molecule has 1 fully saturated rings. The van der Waals surface area contributed by atoms with Gasteiger partial charge in [-0.25, -0.2) is 14.4 Å². The molecule has 0 atom stereocenters. The quantitative estimate of drug-likeness (QED) is 0.447. The molecule has 1 saturated heterocycles. The molecule has 0 aromatic carbocycles. The number of nitrogens with zero attached hydrogens (tertiary/aromatic N) is 6. The molecule has 8 nitrogen and oxygen atoms in total. The minimum Gasteiger partial charge on any atom is -0.321 e. The molecule has 0 unspecified atom stereocenters. The molecule has 32 heavy (non-hydrogen) atoms. The third-order valence-electron chi connectivity index (χ3n) is 5.95. The zero-order chi connectivity index (χ0) is 21.5. The second-order valence-corrected chi connectivity index (χ2v) is 8.16. The molecule has 6 heterocycles. The number of imidazole rings is 1. The first-order valence-corrected chi connectivity index (χ1v) is 10.8. The van der Waals surface area contributed by atoms with Crippen molar-refractivity contribution in [1.82, 2.24) is 40.0 Å². The lowest BCUT2D eigenvalue weighted by molar-refractivity contribution is 0.220. The maximum absolute atomic E-state index is 15.8. The van der Waals surface area contributed by atoms with E-state index in [9.17, 15) is 0 Å². The van der Waals surface area contributed by atoms with E-state index in [0.717, 1.165) is 25.2 Å². The van der Waals surface area contributed by atoms with Gasteiger partial charge in [0, 0.05) is 30.7 Å². The highest BCUT2D eigenvalue weighted by Crippen LogP contribution is 2.32. The first-order chi connectivity index (χ1) is 15.8. The van der Waals surface area contributed by atoms with Crippen LogP contribution in [-0.4, -0.2) is 53.1 Å². The lowest BCUT2D eigenvalue weighted by atomic mass is 10.1. The molecule has 6 rings (SSSR count). The Labute approximate surface area is 183 Å². The van der Waals surface area contributed by atoms with Crippen LogP contribution < -0.4 is 0 Å². The smallest absolute Gasteiger partial charge is 0.161 e. The lowest BCUT2D eigenvalue weighted by Gasteiger charge is -2.26. The van der Waals surface area contributed by atoms with Crippen LogP contribution >= 0.6 is 0 Å². The molecule has 1 aliphatic heterocycles. The molecule has 0 amide bonds. The van der Waals surface area contributed by atoms with Crippen molar-refractivity contribution < 1.29 is 4.39 Å². The van der Waals surface area contributed by atoms with E-state index in [1.165, 1.54) is 19.3 Å². The maximum Gasteiger partial charge on any atom is 0.161 e. The molecule has 0 radical (unpaired) electrons. The number of aromatic amines is 2. The lowest BCUT2D eigenvalue weighted by Crippen LogP contribution is -2.29. The standard InChI is InChI=1S/C23H21FN8/c24-19-18-17(30-31-21(18)23-28-16-5-4-6-26-22(16)29-23)12-27-20(19)15-9-14(10-25-11-15)13-32-7-2-1-3-8-32/h4-6,9-12H,1-3,7-8,13H2,(H,30,31)(H,26,28,29). The highest BCUT2D eigenvalue weighted by Gasteiger charge is 2.21. The van der Waals surface area contributed by atoms with E-state index < -0.39 is 5.82 Å². The van der Waals surface area contributed by atoms with Crippen LogP contribution in [0.2, 0.25) is 0 Å². The highest BCUT2D eigenvalue weighted by atomic mass is 19.1. The molecular formula is C23H21FN8. The van der Waals surface area contributed by atoms with Crippen molar-refractivity contribution in [2.75, 3.05) is 13.1 Å². The second kappa shape index (κ2) is 7.76. The number of nitrogens with one attached hydrogen (secondary N) is 2. The van der Waals surface area contributed by atoms with Crippen molar-refractivity contribution in [3.63, 3.8) is 0 Å². The van der Waals surface area contributed by atoms with Gasteiger partial charge in [0.1, 0.15) is 16.9 Å². The topological polar surface area (TPSA) is 99.3 Å². The molecule has 2 N–H and O–H groups in total. The molecule has 9 heteroatoms. The van der Waals surface area contributed by atoms with Crippen LogP contribution in [0.1, 0.15) is 24.8 Å². The van der Waals surface area contributed by atoms with Crippen LogP contribution in [0.5, 0.6) is 0 Å². The number of halogens is 1. The summed E-state index contributed by atoms with van der Waals surface area (Å²) in [7, 11) is 0. The van der Waals surface area contributed by atoms with Gasteiger partial charge in [0.15, 0.2) is 17.3 Å². The minimum atomic E-state index is -0.448. The second-order valence-electron chi connectivity index (χ2n) is 8.16. The molecule has 0 spiro atoms. The predicted octanol–water partition coefficient (Wildman–Crippen LogP) is 4.08. The summed E-state index contributed by atoms with van der Waals surface area (Å²) in [5.74, 6) is 0.00885. The van der Waals surface area contributed by atoms with Crippen molar-refractivity contribution in [1.29, 1.82) is 0 Å². The summed E-state index contributed by atoms with van der Waals surface area (Å²) in [5, 5.41) is 7.51. The van der Waals surface area contributed by atoms with Gasteiger partial charge in [-0.1, -0.05) is 6.42 Å². The van der Waals surface area contributed by atoms with Gasteiger partial charge in [0.05, 0.1) is 17.1 Å². The van der Waals surface area contributed by atoms with Crippen LogP contribution in [0.25, 0.3) is 44.8 Å². The van der Waals surface area contributed by atoms with Crippen molar-refractivity contribution in [2.45, 2.75) is 25.8 Å². The van der Waals surface area contributed by atoms with E-state index in [2.05, 4.69) is 40.0 Å². The van der Waals surface area contributed by atoms with Crippen LogP contribution in [0.4, 0.5) is 4.39 Å². The molecule has 160 valence electrons. The molecule has 0 bridgehead atoms. The fourth-order valence-electron chi connectivity index (χ4n) is 4.38. The normalized spacial score (nSPS) is 15.0. The molecule has 0 aliphatic carbocycles. The third kappa shape index (κ3) is 3.31. The van der Waals surface area contributed by atoms with Gasteiger partial charge in [-0.2, -0.15) is 5.10 Å². The number of piperidine rings is 1. The fourth-order valence-corrected chi connectivity index (χ4v) is 4.38. The number of pyridine rings is 3. The van der Waals surface area contributed by atoms with Gasteiger partial charge in [0.2, 0.25) is 0 Å². The molecule has 5 aromatic heterocycles. The van der Waals surface area contributed by atoms with Crippen LogP contribution in [-0.2, 0) is 6.54 Å². The summed E-state index contributed by atoms with van der Waals surface area (Å²) in [6, 6.07) is 5.63. The molecule has 5 aromatic rings. The molecule has 0 saturated carbocycles. The summed E-state index contributed by atoms with van der Waals surface area (Å²) >= 11 is 0. The SMILES string of the molecule is Fc1c(-c2cncc(CN3CCCCC3)c2)ncc2[nH]nc(-c3nc4cccnc4[nH]3)c12. The first kappa shape index (κ1) is 19.0. The average molecular weight is 428 g/mol. The monoisotopic (exact) mass is 428 g/mol. The maximum atomic E-state index is 15.8. The molecule has 1 aliphatic rings. The van der Waals surface area contributed by atoms with E-state index in [1.54, 1.807) is 18.6 Å². The summed E-state index contributed by atoms with van der Waals surface area (Å²) in [6.45, 7) is 2.99. The summed E-state index contributed by atoms with van der Waals surface area (Å²) in [4.78, 5) is 23.1. The van der Waals surface area contributed by atoms with Gasteiger partial charge < -0.3 is 4.98 Å². The van der Waals surface area contributed by atoms with Gasteiger partial charge >= 0.3 is 0 Å². The Morgan fingerprint density at radius 1 is 1.03 bits per heavy atom. The van der Waals surface area contributed by atoms with Crippen LogP contribution in [0.3, 0.4) is 0 Å². The van der Waals surface area contributed by atoms with E-state index in [1.807, 2.05) is 24.4 Å². The highest BCUT2D eigenvalue weighted by molar-refractivity contribution is 5.94. The van der Waals surface area contributed by atoms with Crippen molar-refractivity contribution in [2.24, 2.45) is 0 Å². The number of rotatable bonds is 4. The van der Waals surface area contributed by atoms with Gasteiger partial charge in [-0.3, -0.25) is 20.0 Å². The largest absolute Gasteiger partial charge is 0.321 e. The Bertz CT molecular complexity index is 1380.